The highest BCUT2D eigenvalue weighted by atomic mass is 19.4. The van der Waals surface area contributed by atoms with Crippen molar-refractivity contribution in [3.8, 4) is 16.9 Å². The molecule has 2 amide bonds. The van der Waals surface area contributed by atoms with Gasteiger partial charge >= 0.3 is 6.18 Å². The molecule has 11 heteroatoms. The lowest BCUT2D eigenvalue weighted by Crippen LogP contribution is -2.55. The van der Waals surface area contributed by atoms with Gasteiger partial charge in [-0.25, -0.2) is 9.38 Å². The summed E-state index contributed by atoms with van der Waals surface area (Å²) < 4.78 is 61.5. The number of hydrogen-bond donors (Lipinski definition) is 1. The number of likely N-dealkylation sites (N-methyl/N-ethyl adjacent to an activating group) is 1. The quantitative estimate of drug-likeness (QED) is 0.566. The number of methoxy groups -OCH3 is 1. The summed E-state index contributed by atoms with van der Waals surface area (Å²) in [7, 11) is 3.49. The molecule has 38 heavy (non-hydrogen) atoms. The van der Waals surface area contributed by atoms with Crippen molar-refractivity contribution >= 4 is 29.4 Å². The predicted octanol–water partition coefficient (Wildman–Crippen LogP) is 4.68. The van der Waals surface area contributed by atoms with Crippen LogP contribution in [0.3, 0.4) is 0 Å². The highest BCUT2D eigenvalue weighted by molar-refractivity contribution is 6.11. The maximum Gasteiger partial charge on any atom is 0.414 e. The molecule has 7 nitrogen and oxygen atoms in total. The van der Waals surface area contributed by atoms with Crippen molar-refractivity contribution in [1.29, 1.82) is 0 Å². The van der Waals surface area contributed by atoms with Gasteiger partial charge in [-0.1, -0.05) is 12.1 Å². The van der Waals surface area contributed by atoms with Crippen LogP contribution in [-0.2, 0) is 9.59 Å². The smallest absolute Gasteiger partial charge is 0.414 e. The molecule has 2 aliphatic rings. The molecule has 1 saturated heterocycles. The maximum atomic E-state index is 15.5. The monoisotopic (exact) mass is 532 g/mol. The second-order valence-electron chi connectivity index (χ2n) is 9.53. The minimum Gasteiger partial charge on any atom is -0.497 e. The molecule has 0 spiro atoms. The summed E-state index contributed by atoms with van der Waals surface area (Å²) in [5, 5.41) is 2.57. The van der Waals surface area contributed by atoms with E-state index in [0.717, 1.165) is 0 Å². The van der Waals surface area contributed by atoms with Gasteiger partial charge in [0.2, 0.25) is 5.91 Å². The Labute approximate surface area is 217 Å². The molecule has 0 aliphatic carbocycles. The van der Waals surface area contributed by atoms with Gasteiger partial charge < -0.3 is 15.0 Å². The van der Waals surface area contributed by atoms with Crippen LogP contribution in [0.2, 0.25) is 0 Å². The minimum absolute atomic E-state index is 0.0999. The summed E-state index contributed by atoms with van der Waals surface area (Å²) in [4.78, 5) is 32.2. The normalized spacial score (nSPS) is 22.3. The van der Waals surface area contributed by atoms with Gasteiger partial charge in [0, 0.05) is 43.0 Å². The number of anilines is 2. The van der Waals surface area contributed by atoms with Crippen LogP contribution >= 0.6 is 0 Å². The van der Waals surface area contributed by atoms with E-state index < -0.39 is 35.3 Å². The molecule has 202 valence electrons. The van der Waals surface area contributed by atoms with Crippen LogP contribution in [-0.4, -0.2) is 68.4 Å². The molecule has 1 unspecified atom stereocenters. The summed E-state index contributed by atoms with van der Waals surface area (Å²) in [5.74, 6) is -3.94. The van der Waals surface area contributed by atoms with E-state index in [4.69, 9.17) is 4.74 Å². The van der Waals surface area contributed by atoms with Crippen LogP contribution in [0.5, 0.6) is 5.75 Å². The number of halogens is 4. The third-order valence-corrected chi connectivity index (χ3v) is 7.02. The van der Waals surface area contributed by atoms with Gasteiger partial charge in [0.05, 0.1) is 24.1 Å². The highest BCUT2D eigenvalue weighted by Crippen LogP contribution is 2.38. The van der Waals surface area contributed by atoms with Gasteiger partial charge in [-0.05, 0) is 50.7 Å². The first-order valence-corrected chi connectivity index (χ1v) is 12.0. The van der Waals surface area contributed by atoms with Crippen molar-refractivity contribution in [2.24, 2.45) is 10.9 Å². The Bertz CT molecular complexity index is 1280. The van der Waals surface area contributed by atoms with Crippen molar-refractivity contribution in [2.45, 2.75) is 32.1 Å². The Kier molecular flexibility index (Phi) is 7.59. The summed E-state index contributed by atoms with van der Waals surface area (Å²) in [6, 6.07) is 9.50. The van der Waals surface area contributed by atoms with Crippen LogP contribution < -0.4 is 15.0 Å². The molecule has 4 rings (SSSR count). The number of amides is 2. The number of rotatable bonds is 5. The van der Waals surface area contributed by atoms with Gasteiger partial charge in [0.1, 0.15) is 17.5 Å². The standard InChI is InChI=1S/C27H28F4N4O3/c1-15-13-35(14-16(2)34(15)3)24-11-22(28)19(17-5-7-18(38-4)8-6-17)9-23(24)33-26(37)20-12-32-25(36)10-21(20)27(29,30)31/h5-12,15-16,20H,13-14H2,1-4H3,(H,33,37)/t15-,16+,20?. The highest BCUT2D eigenvalue weighted by Gasteiger charge is 2.43. The van der Waals surface area contributed by atoms with Crippen molar-refractivity contribution < 1.29 is 31.9 Å². The molecule has 3 atom stereocenters. The van der Waals surface area contributed by atoms with E-state index in [2.05, 4.69) is 15.2 Å². The van der Waals surface area contributed by atoms with E-state index >= 15 is 4.39 Å². The number of carbonyl (C=O) groups excluding carboxylic acids is 2. The SMILES string of the molecule is COc1ccc(-c2cc(NC(=O)C3C=NC(=O)C=C3C(F)(F)F)c(N3C[C@@H](C)N(C)[C@@H](C)C3)cc2F)cc1. The molecule has 2 aromatic rings. The van der Waals surface area contributed by atoms with Crippen molar-refractivity contribution in [3.63, 3.8) is 0 Å². The largest absolute Gasteiger partial charge is 0.497 e. The van der Waals surface area contributed by atoms with Crippen molar-refractivity contribution in [2.75, 3.05) is 37.5 Å². The van der Waals surface area contributed by atoms with E-state index in [0.29, 0.717) is 42.4 Å². The zero-order valence-electron chi connectivity index (χ0n) is 21.3. The number of piperazine rings is 1. The molecule has 2 aromatic carbocycles. The van der Waals surface area contributed by atoms with E-state index in [1.807, 2.05) is 25.8 Å². The first kappa shape index (κ1) is 27.3. The number of aliphatic imine (C=N–C) groups is 1. The van der Waals surface area contributed by atoms with Gasteiger partial charge in [-0.15, -0.1) is 0 Å². The van der Waals surface area contributed by atoms with Crippen LogP contribution in [0.4, 0.5) is 28.9 Å². The van der Waals surface area contributed by atoms with Crippen LogP contribution in [0, 0.1) is 11.7 Å². The van der Waals surface area contributed by atoms with Gasteiger partial charge in [0.25, 0.3) is 5.91 Å². The molecule has 0 saturated carbocycles. The summed E-state index contributed by atoms with van der Waals surface area (Å²) in [5.41, 5.74) is -0.165. The molecular formula is C27H28F4N4O3. The Balaban J connectivity index is 1.76. The molecule has 2 aliphatic heterocycles. The van der Waals surface area contributed by atoms with Gasteiger partial charge in [-0.2, -0.15) is 13.2 Å². The molecule has 1 fully saturated rings. The lowest BCUT2D eigenvalue weighted by Gasteiger charge is -2.44. The van der Waals surface area contributed by atoms with E-state index in [-0.39, 0.29) is 23.3 Å². The second kappa shape index (κ2) is 10.6. The number of alkyl halides is 3. The van der Waals surface area contributed by atoms with Crippen molar-refractivity contribution in [1.82, 2.24) is 4.90 Å². The number of hydrogen-bond acceptors (Lipinski definition) is 5. The number of benzene rings is 2. The number of ether oxygens (including phenoxy) is 1. The van der Waals surface area contributed by atoms with E-state index in [1.54, 1.807) is 24.3 Å². The Morgan fingerprint density at radius 2 is 1.74 bits per heavy atom. The number of dihydropyridines is 1. The third kappa shape index (κ3) is 5.57. The van der Waals surface area contributed by atoms with Crippen LogP contribution in [0.15, 0.2) is 53.0 Å². The Morgan fingerprint density at radius 3 is 2.32 bits per heavy atom. The van der Waals surface area contributed by atoms with Gasteiger partial charge in [0.15, 0.2) is 0 Å². The average Bonchev–Trinajstić information content (AvgIpc) is 2.87. The predicted molar refractivity (Wildman–Crippen MR) is 137 cm³/mol. The fraction of sp³-hybridized carbons (Fsp3) is 0.370. The van der Waals surface area contributed by atoms with Gasteiger partial charge in [-0.3, -0.25) is 14.5 Å². The Morgan fingerprint density at radius 1 is 1.11 bits per heavy atom. The lowest BCUT2D eigenvalue weighted by atomic mass is 9.95. The minimum atomic E-state index is -4.91. The topological polar surface area (TPSA) is 74.2 Å². The molecule has 0 bridgehead atoms. The van der Waals surface area contributed by atoms with Crippen LogP contribution in [0.25, 0.3) is 11.1 Å². The fourth-order valence-corrected chi connectivity index (χ4v) is 4.68. The molecule has 0 radical (unpaired) electrons. The molecule has 0 aromatic heterocycles. The third-order valence-electron chi connectivity index (χ3n) is 7.02. The zero-order valence-corrected chi connectivity index (χ0v) is 21.3. The first-order valence-electron chi connectivity index (χ1n) is 12.0. The first-order chi connectivity index (χ1) is 17.9. The van der Waals surface area contributed by atoms with E-state index in [1.165, 1.54) is 19.2 Å². The number of nitrogens with zero attached hydrogens (tertiary/aromatic N) is 3. The maximum absolute atomic E-state index is 15.5. The second-order valence-corrected chi connectivity index (χ2v) is 9.53. The summed E-state index contributed by atoms with van der Waals surface area (Å²) in [6.07, 6.45) is -3.90. The summed E-state index contributed by atoms with van der Waals surface area (Å²) in [6.45, 7) is 5.05. The lowest BCUT2D eigenvalue weighted by molar-refractivity contribution is -0.124. The summed E-state index contributed by atoms with van der Waals surface area (Å²) >= 11 is 0. The van der Waals surface area contributed by atoms with Crippen LogP contribution in [0.1, 0.15) is 13.8 Å². The van der Waals surface area contributed by atoms with Crippen molar-refractivity contribution in [3.05, 3.63) is 53.9 Å². The molecule has 1 N–H and O–H groups in total. The Hall–Kier alpha value is -3.73. The molecule has 2 heterocycles. The zero-order chi connectivity index (χ0) is 27.8. The number of carbonyl (C=O) groups is 2. The molecular weight excluding hydrogens is 504 g/mol. The van der Waals surface area contributed by atoms with E-state index in [9.17, 15) is 22.8 Å². The number of nitrogens with one attached hydrogen (secondary N) is 1. The average molecular weight is 533 g/mol. The fourth-order valence-electron chi connectivity index (χ4n) is 4.68.